The summed E-state index contributed by atoms with van der Waals surface area (Å²) in [7, 11) is 3.30. The maximum absolute atomic E-state index is 4.93. The first-order chi connectivity index (χ1) is 4.20. The molecule has 4 heteroatoms. The van der Waals surface area contributed by atoms with E-state index in [1.165, 1.54) is 0 Å². The topological polar surface area (TPSA) is 18.5 Å². The van der Waals surface area contributed by atoms with Gasteiger partial charge in [-0.05, 0) is 0 Å². The molecule has 0 radical (unpaired) electrons. The standard InChI is InChI=1S/C5H10Br2O2/c1-8-4(6)3-5(7)9-2/h4-5H,3H2,1-2H3. The van der Waals surface area contributed by atoms with Crippen LogP contribution in [0.4, 0.5) is 0 Å². The molecule has 0 aliphatic heterocycles. The van der Waals surface area contributed by atoms with Crippen LogP contribution in [0.1, 0.15) is 6.42 Å². The van der Waals surface area contributed by atoms with Crippen molar-refractivity contribution in [3.63, 3.8) is 0 Å². The summed E-state index contributed by atoms with van der Waals surface area (Å²) >= 11 is 6.57. The Bertz CT molecular complexity index is 62.0. The Morgan fingerprint density at radius 2 is 1.44 bits per heavy atom. The summed E-state index contributed by atoms with van der Waals surface area (Å²) in [6, 6.07) is 0. The summed E-state index contributed by atoms with van der Waals surface area (Å²) in [4.78, 5) is 0. The van der Waals surface area contributed by atoms with Crippen LogP contribution >= 0.6 is 31.9 Å². The van der Waals surface area contributed by atoms with Crippen molar-refractivity contribution in [2.45, 2.75) is 16.4 Å². The fourth-order valence-corrected chi connectivity index (χ4v) is 1.52. The molecule has 0 aliphatic carbocycles. The van der Waals surface area contributed by atoms with Crippen LogP contribution in [0.2, 0.25) is 0 Å². The van der Waals surface area contributed by atoms with Crippen molar-refractivity contribution < 1.29 is 9.47 Å². The van der Waals surface area contributed by atoms with Gasteiger partial charge in [0.1, 0.15) is 10.0 Å². The number of hydrogen-bond donors (Lipinski definition) is 0. The van der Waals surface area contributed by atoms with Crippen LogP contribution in [-0.4, -0.2) is 24.2 Å². The molecular formula is C5H10Br2O2. The van der Waals surface area contributed by atoms with Crippen molar-refractivity contribution in [3.05, 3.63) is 0 Å². The number of alkyl halides is 2. The number of halogens is 2. The molecule has 0 saturated carbocycles. The van der Waals surface area contributed by atoms with Gasteiger partial charge in [-0.2, -0.15) is 0 Å². The molecule has 0 spiro atoms. The van der Waals surface area contributed by atoms with Crippen molar-refractivity contribution in [2.75, 3.05) is 14.2 Å². The van der Waals surface area contributed by atoms with Crippen LogP contribution in [0.25, 0.3) is 0 Å². The lowest BCUT2D eigenvalue weighted by atomic mass is 10.5. The molecule has 2 nitrogen and oxygen atoms in total. The molecule has 0 N–H and O–H groups in total. The smallest absolute Gasteiger partial charge is 0.115 e. The largest absolute Gasteiger partial charge is 0.370 e. The van der Waals surface area contributed by atoms with Crippen LogP contribution in [0.5, 0.6) is 0 Å². The van der Waals surface area contributed by atoms with E-state index >= 15 is 0 Å². The van der Waals surface area contributed by atoms with Gasteiger partial charge >= 0.3 is 0 Å². The normalized spacial score (nSPS) is 17.3. The Hall–Kier alpha value is 0.880. The summed E-state index contributed by atoms with van der Waals surface area (Å²) in [5.74, 6) is 0. The van der Waals surface area contributed by atoms with Crippen LogP contribution in [0.15, 0.2) is 0 Å². The van der Waals surface area contributed by atoms with Gasteiger partial charge in [0.15, 0.2) is 0 Å². The zero-order valence-electron chi connectivity index (χ0n) is 5.43. The minimum absolute atomic E-state index is 0.0711. The zero-order valence-corrected chi connectivity index (χ0v) is 8.61. The lowest BCUT2D eigenvalue weighted by Gasteiger charge is -2.10. The van der Waals surface area contributed by atoms with Crippen molar-refractivity contribution in [3.8, 4) is 0 Å². The fourth-order valence-electron chi connectivity index (χ4n) is 0.338. The first-order valence-electron chi connectivity index (χ1n) is 2.54. The first-order valence-corrected chi connectivity index (χ1v) is 4.37. The highest BCUT2D eigenvalue weighted by atomic mass is 79.9. The number of methoxy groups -OCH3 is 2. The van der Waals surface area contributed by atoms with E-state index in [9.17, 15) is 0 Å². The molecule has 2 unspecified atom stereocenters. The number of hydrogen-bond acceptors (Lipinski definition) is 2. The summed E-state index contributed by atoms with van der Waals surface area (Å²) < 4.78 is 9.86. The van der Waals surface area contributed by atoms with E-state index in [0.29, 0.717) is 0 Å². The number of ether oxygens (including phenoxy) is 2. The van der Waals surface area contributed by atoms with Gasteiger partial charge in [0.05, 0.1) is 0 Å². The third-order valence-corrected chi connectivity index (χ3v) is 2.38. The Balaban J connectivity index is 3.22. The third kappa shape index (κ3) is 5.33. The Morgan fingerprint density at radius 3 is 1.67 bits per heavy atom. The molecule has 0 bridgehead atoms. The van der Waals surface area contributed by atoms with Crippen molar-refractivity contribution >= 4 is 31.9 Å². The van der Waals surface area contributed by atoms with E-state index in [2.05, 4.69) is 31.9 Å². The van der Waals surface area contributed by atoms with Crippen LogP contribution in [-0.2, 0) is 9.47 Å². The molecule has 0 aliphatic rings. The molecule has 0 saturated heterocycles. The predicted octanol–water partition coefficient (Wildman–Crippen LogP) is 2.11. The van der Waals surface area contributed by atoms with E-state index in [1.54, 1.807) is 14.2 Å². The molecule has 9 heavy (non-hydrogen) atoms. The van der Waals surface area contributed by atoms with Gasteiger partial charge in [-0.3, -0.25) is 0 Å². The van der Waals surface area contributed by atoms with E-state index in [-0.39, 0.29) is 10.0 Å². The van der Waals surface area contributed by atoms with Gasteiger partial charge in [-0.1, -0.05) is 31.9 Å². The lowest BCUT2D eigenvalue weighted by molar-refractivity contribution is 0.110. The van der Waals surface area contributed by atoms with Gasteiger partial charge in [0.25, 0.3) is 0 Å². The van der Waals surface area contributed by atoms with Gasteiger partial charge in [-0.15, -0.1) is 0 Å². The maximum Gasteiger partial charge on any atom is 0.115 e. The number of rotatable bonds is 4. The highest BCUT2D eigenvalue weighted by molar-refractivity contribution is 9.10. The highest BCUT2D eigenvalue weighted by Gasteiger charge is 2.08. The van der Waals surface area contributed by atoms with Gasteiger partial charge in [0.2, 0.25) is 0 Å². The minimum atomic E-state index is 0.0711. The summed E-state index contributed by atoms with van der Waals surface area (Å²) in [6.07, 6.45) is 0.799. The molecule has 0 fully saturated rings. The highest BCUT2D eigenvalue weighted by Crippen LogP contribution is 2.14. The van der Waals surface area contributed by atoms with Gasteiger partial charge in [0, 0.05) is 20.6 Å². The first kappa shape index (κ1) is 9.88. The average Bonchev–Trinajstić information content (AvgIpc) is 1.87. The van der Waals surface area contributed by atoms with E-state index in [4.69, 9.17) is 9.47 Å². The average molecular weight is 262 g/mol. The molecule has 0 aromatic carbocycles. The van der Waals surface area contributed by atoms with Crippen molar-refractivity contribution in [2.24, 2.45) is 0 Å². The molecule has 0 aromatic rings. The maximum atomic E-state index is 4.93. The minimum Gasteiger partial charge on any atom is -0.370 e. The van der Waals surface area contributed by atoms with Crippen molar-refractivity contribution in [1.29, 1.82) is 0 Å². The van der Waals surface area contributed by atoms with E-state index in [1.807, 2.05) is 0 Å². The summed E-state index contributed by atoms with van der Waals surface area (Å²) in [5, 5.41) is 0.142. The lowest BCUT2D eigenvalue weighted by Crippen LogP contribution is -2.10. The third-order valence-electron chi connectivity index (χ3n) is 0.882. The Morgan fingerprint density at radius 1 is 1.11 bits per heavy atom. The van der Waals surface area contributed by atoms with Gasteiger partial charge < -0.3 is 9.47 Å². The summed E-state index contributed by atoms with van der Waals surface area (Å²) in [6.45, 7) is 0. The molecule has 0 aromatic heterocycles. The van der Waals surface area contributed by atoms with E-state index in [0.717, 1.165) is 6.42 Å². The van der Waals surface area contributed by atoms with Gasteiger partial charge in [-0.25, -0.2) is 0 Å². The molecule has 0 amide bonds. The van der Waals surface area contributed by atoms with Crippen LogP contribution in [0, 0.1) is 0 Å². The Labute approximate surface area is 72.2 Å². The molecule has 2 atom stereocenters. The molecule has 0 heterocycles. The molecular weight excluding hydrogens is 252 g/mol. The zero-order chi connectivity index (χ0) is 7.28. The quantitative estimate of drug-likeness (QED) is 0.722. The van der Waals surface area contributed by atoms with Crippen LogP contribution in [0.3, 0.4) is 0 Å². The fraction of sp³-hybridized carbons (Fsp3) is 1.00. The SMILES string of the molecule is COC(Br)CC(Br)OC. The van der Waals surface area contributed by atoms with Crippen LogP contribution < -0.4 is 0 Å². The summed E-state index contributed by atoms with van der Waals surface area (Å²) in [5.41, 5.74) is 0. The predicted molar refractivity (Wildman–Crippen MR) is 44.1 cm³/mol. The second-order valence-electron chi connectivity index (χ2n) is 1.53. The second kappa shape index (κ2) is 5.65. The molecule has 56 valence electrons. The monoisotopic (exact) mass is 260 g/mol. The van der Waals surface area contributed by atoms with E-state index < -0.39 is 0 Å². The molecule has 0 rings (SSSR count). The second-order valence-corrected chi connectivity index (χ2v) is 3.57. The van der Waals surface area contributed by atoms with Crippen molar-refractivity contribution in [1.82, 2.24) is 0 Å². The Kier molecular flexibility index (Phi) is 6.20.